The first kappa shape index (κ1) is 28.9. The molecule has 10 heteroatoms. The van der Waals surface area contributed by atoms with Gasteiger partial charge in [-0.2, -0.15) is 0 Å². The Hall–Kier alpha value is -3.69. The molecule has 0 spiro atoms. The summed E-state index contributed by atoms with van der Waals surface area (Å²) in [5.41, 5.74) is 2.44. The van der Waals surface area contributed by atoms with Gasteiger partial charge in [-0.1, -0.05) is 13.0 Å². The Labute approximate surface area is 222 Å². The van der Waals surface area contributed by atoms with Gasteiger partial charge in [0.1, 0.15) is 24.8 Å². The van der Waals surface area contributed by atoms with Crippen LogP contribution in [0, 0.1) is 0 Å². The molecule has 1 fully saturated rings. The van der Waals surface area contributed by atoms with Gasteiger partial charge in [-0.3, -0.25) is 19.3 Å². The number of anilines is 1. The van der Waals surface area contributed by atoms with Crippen molar-refractivity contribution in [3.05, 3.63) is 53.1 Å². The maximum atomic E-state index is 13.8. The van der Waals surface area contributed by atoms with Crippen LogP contribution in [0.3, 0.4) is 0 Å². The number of hydrogen-bond donors (Lipinski definition) is 0. The maximum Gasteiger partial charge on any atom is 0.262 e. The van der Waals surface area contributed by atoms with Gasteiger partial charge in [0.2, 0.25) is 12.8 Å². The van der Waals surface area contributed by atoms with Crippen LogP contribution >= 0.6 is 0 Å². The summed E-state index contributed by atoms with van der Waals surface area (Å²) < 4.78 is 37.0. The Kier molecular flexibility index (Phi) is 10.4. The predicted molar refractivity (Wildman–Crippen MR) is 140 cm³/mol. The van der Waals surface area contributed by atoms with Crippen LogP contribution in [-0.2, 0) is 22.6 Å². The van der Waals surface area contributed by atoms with Crippen molar-refractivity contribution in [2.45, 2.75) is 44.9 Å². The second-order valence-electron chi connectivity index (χ2n) is 9.29. The number of piperidine rings is 1. The van der Waals surface area contributed by atoms with E-state index < -0.39 is 25.4 Å². The summed E-state index contributed by atoms with van der Waals surface area (Å²) >= 11 is 0. The fourth-order valence-electron chi connectivity index (χ4n) is 4.59. The van der Waals surface area contributed by atoms with Crippen LogP contribution in [0.2, 0.25) is 0 Å². The van der Waals surface area contributed by atoms with Gasteiger partial charge in [0.05, 0.1) is 19.2 Å². The van der Waals surface area contributed by atoms with Crippen LogP contribution in [0.15, 0.2) is 36.4 Å². The van der Waals surface area contributed by atoms with Crippen molar-refractivity contribution in [2.24, 2.45) is 0 Å². The molecule has 0 N–H and O–H groups in total. The number of halogens is 2. The number of aryl methyl sites for hydroxylation is 1. The van der Waals surface area contributed by atoms with Crippen molar-refractivity contribution < 1.29 is 32.6 Å². The number of carbonyl (C=O) groups excluding carboxylic acids is 3. The van der Waals surface area contributed by atoms with Crippen LogP contribution in [0.1, 0.15) is 41.3 Å². The number of rotatable bonds is 13. The first-order chi connectivity index (χ1) is 18.4. The number of ether oxygens (including phenoxy) is 2. The fraction of sp³-hybridized carbons (Fsp3) is 0.464. The van der Waals surface area contributed by atoms with Crippen LogP contribution in [0.5, 0.6) is 11.5 Å². The molecular formula is C28H35F2N3O5. The third-order valence-electron chi connectivity index (χ3n) is 6.83. The molecule has 38 heavy (non-hydrogen) atoms. The van der Waals surface area contributed by atoms with Gasteiger partial charge in [0, 0.05) is 31.9 Å². The van der Waals surface area contributed by atoms with Gasteiger partial charge in [0.15, 0.2) is 6.10 Å². The molecule has 0 unspecified atom stereocenters. The van der Waals surface area contributed by atoms with E-state index in [4.69, 9.17) is 9.47 Å². The summed E-state index contributed by atoms with van der Waals surface area (Å²) in [6.07, 6.45) is 2.16. The third kappa shape index (κ3) is 6.99. The molecular weight excluding hydrogens is 496 g/mol. The van der Waals surface area contributed by atoms with Crippen molar-refractivity contribution in [3.8, 4) is 11.5 Å². The number of likely N-dealkylation sites (tertiary alicyclic amines) is 1. The maximum absolute atomic E-state index is 13.8. The van der Waals surface area contributed by atoms with Gasteiger partial charge in [-0.25, -0.2) is 8.78 Å². The number of alkyl halides is 2. The van der Waals surface area contributed by atoms with Crippen molar-refractivity contribution in [2.75, 3.05) is 45.5 Å². The molecule has 2 aromatic rings. The highest BCUT2D eigenvalue weighted by Gasteiger charge is 2.27. The monoisotopic (exact) mass is 531 g/mol. The van der Waals surface area contributed by atoms with E-state index >= 15 is 0 Å². The summed E-state index contributed by atoms with van der Waals surface area (Å²) in [6.45, 7) is 1.15. The predicted octanol–water partition coefficient (Wildman–Crippen LogP) is 3.80. The lowest BCUT2D eigenvalue weighted by atomic mass is 10.0. The zero-order valence-corrected chi connectivity index (χ0v) is 22.1. The van der Waals surface area contributed by atoms with Crippen molar-refractivity contribution in [1.82, 2.24) is 9.80 Å². The summed E-state index contributed by atoms with van der Waals surface area (Å²) in [6, 6.07) is 10.3. The Morgan fingerprint density at radius 1 is 1.08 bits per heavy atom. The quantitative estimate of drug-likeness (QED) is 0.366. The van der Waals surface area contributed by atoms with Gasteiger partial charge >= 0.3 is 0 Å². The van der Waals surface area contributed by atoms with Gasteiger partial charge < -0.3 is 19.3 Å². The van der Waals surface area contributed by atoms with Crippen molar-refractivity contribution in [3.63, 3.8) is 0 Å². The normalized spacial score (nSPS) is 13.8. The largest absolute Gasteiger partial charge is 0.497 e. The average molecular weight is 532 g/mol. The van der Waals surface area contributed by atoms with Gasteiger partial charge in [0.25, 0.3) is 5.91 Å². The van der Waals surface area contributed by atoms with Gasteiger partial charge in [-0.15, -0.1) is 0 Å². The molecule has 1 saturated heterocycles. The molecule has 0 aliphatic carbocycles. The van der Waals surface area contributed by atoms with Crippen LogP contribution < -0.4 is 14.4 Å². The van der Waals surface area contributed by atoms with Gasteiger partial charge in [-0.05, 0) is 60.7 Å². The number of benzene rings is 2. The molecule has 0 bridgehead atoms. The van der Waals surface area contributed by atoms with E-state index in [1.165, 1.54) is 6.07 Å². The highest BCUT2D eigenvalue weighted by molar-refractivity contribution is 6.04. The minimum absolute atomic E-state index is 0.0100. The highest BCUT2D eigenvalue weighted by atomic mass is 19.1. The summed E-state index contributed by atoms with van der Waals surface area (Å²) in [5, 5.41) is 0. The van der Waals surface area contributed by atoms with Crippen LogP contribution in [0.25, 0.3) is 0 Å². The van der Waals surface area contributed by atoms with Crippen LogP contribution in [-0.4, -0.2) is 81.3 Å². The number of imide groups is 1. The molecule has 2 aromatic carbocycles. The number of carbonyl (C=O) groups is 3. The van der Waals surface area contributed by atoms with E-state index in [-0.39, 0.29) is 23.9 Å². The molecule has 0 atom stereocenters. The fourth-order valence-corrected chi connectivity index (χ4v) is 4.59. The molecule has 1 aliphatic heterocycles. The van der Waals surface area contributed by atoms with E-state index in [9.17, 15) is 23.2 Å². The van der Waals surface area contributed by atoms with E-state index in [1.54, 1.807) is 30.2 Å². The SMILES string of the molecule is CCc1cc(CN(C=O)C(=O)c2cc(OC(CF)CF)ccc2N(C)C2CCN(C=O)CC2)cc(OC)c1. The number of nitrogens with zero attached hydrogens (tertiary/aromatic N) is 3. The molecule has 1 heterocycles. The number of hydrogen-bond acceptors (Lipinski definition) is 6. The average Bonchev–Trinajstić information content (AvgIpc) is 2.97. The topological polar surface area (TPSA) is 79.4 Å². The lowest BCUT2D eigenvalue weighted by Gasteiger charge is -2.37. The number of amides is 3. The molecule has 3 rings (SSSR count). The summed E-state index contributed by atoms with van der Waals surface area (Å²) in [7, 11) is 3.40. The Morgan fingerprint density at radius 2 is 1.76 bits per heavy atom. The molecule has 8 nitrogen and oxygen atoms in total. The lowest BCUT2D eigenvalue weighted by Crippen LogP contribution is -2.43. The number of methoxy groups -OCH3 is 1. The molecule has 0 aromatic heterocycles. The second-order valence-corrected chi connectivity index (χ2v) is 9.29. The molecule has 3 amide bonds. The molecule has 0 saturated carbocycles. The zero-order chi connectivity index (χ0) is 27.7. The molecule has 0 radical (unpaired) electrons. The minimum atomic E-state index is -1.29. The van der Waals surface area contributed by atoms with E-state index in [2.05, 4.69) is 0 Å². The minimum Gasteiger partial charge on any atom is -0.497 e. The highest BCUT2D eigenvalue weighted by Crippen LogP contribution is 2.31. The first-order valence-corrected chi connectivity index (χ1v) is 12.6. The van der Waals surface area contributed by atoms with Crippen molar-refractivity contribution >= 4 is 24.4 Å². The third-order valence-corrected chi connectivity index (χ3v) is 6.83. The summed E-state index contributed by atoms with van der Waals surface area (Å²) in [5.74, 6) is 0.177. The van der Waals surface area contributed by atoms with Crippen LogP contribution in [0.4, 0.5) is 14.5 Å². The first-order valence-electron chi connectivity index (χ1n) is 12.6. The van der Waals surface area contributed by atoms with E-state index in [1.807, 2.05) is 31.0 Å². The smallest absolute Gasteiger partial charge is 0.262 e. The van der Waals surface area contributed by atoms with E-state index in [0.29, 0.717) is 43.8 Å². The zero-order valence-electron chi connectivity index (χ0n) is 22.1. The molecule has 1 aliphatic rings. The van der Waals surface area contributed by atoms with Crippen molar-refractivity contribution in [1.29, 1.82) is 0 Å². The Balaban J connectivity index is 1.95. The second kappa shape index (κ2) is 13.7. The standard InChI is InChI=1S/C28H35F2N3O5/c1-4-20-11-21(13-24(12-20)37-3)17-33(19-35)28(36)26-14-23(38-25(15-29)16-30)5-6-27(26)31(2)22-7-9-32(18-34)10-8-22/h5-6,11-14,18-19,22,25H,4,7-10,15-17H2,1-3H3. The molecule has 206 valence electrons. The van der Waals surface area contributed by atoms with E-state index in [0.717, 1.165) is 28.9 Å². The Morgan fingerprint density at radius 3 is 2.34 bits per heavy atom. The summed E-state index contributed by atoms with van der Waals surface area (Å²) in [4.78, 5) is 41.7. The lowest BCUT2D eigenvalue weighted by molar-refractivity contribution is -0.119. The Bertz CT molecular complexity index is 1080.